The fourth-order valence-corrected chi connectivity index (χ4v) is 2.48. The number of nitrogens with one attached hydrogen (secondary N) is 2. The van der Waals surface area contributed by atoms with Gasteiger partial charge in [-0.25, -0.2) is 4.39 Å². The van der Waals surface area contributed by atoms with E-state index in [-0.39, 0.29) is 11.9 Å². The summed E-state index contributed by atoms with van der Waals surface area (Å²) >= 11 is 0. The second kappa shape index (κ2) is 6.43. The summed E-state index contributed by atoms with van der Waals surface area (Å²) in [6.45, 7) is 7.55. The maximum absolute atomic E-state index is 14.2. The topological polar surface area (TPSA) is 57.2 Å². The van der Waals surface area contributed by atoms with Gasteiger partial charge in [-0.1, -0.05) is 13.0 Å². The number of halogens is 1. The van der Waals surface area contributed by atoms with Crippen molar-refractivity contribution in [3.63, 3.8) is 0 Å². The zero-order chi connectivity index (χ0) is 14.7. The lowest BCUT2D eigenvalue weighted by atomic mass is 9.98. The van der Waals surface area contributed by atoms with Crippen LogP contribution in [0.1, 0.15) is 36.8 Å². The van der Waals surface area contributed by atoms with Gasteiger partial charge >= 0.3 is 0 Å². The molecule has 1 unspecified atom stereocenters. The summed E-state index contributed by atoms with van der Waals surface area (Å²) in [5, 5.41) is 16.3. The summed E-state index contributed by atoms with van der Waals surface area (Å²) in [5.74, 6) is -0.272. The number of aryl methyl sites for hydroxylation is 1. The molecule has 0 amide bonds. The van der Waals surface area contributed by atoms with Gasteiger partial charge in [-0.3, -0.25) is 4.98 Å². The van der Waals surface area contributed by atoms with Crippen LogP contribution in [0, 0.1) is 12.7 Å². The van der Waals surface area contributed by atoms with Crippen LogP contribution in [-0.2, 0) is 0 Å². The maximum atomic E-state index is 14.2. The van der Waals surface area contributed by atoms with Gasteiger partial charge in [0, 0.05) is 30.3 Å². The smallest absolute Gasteiger partial charge is 0.149 e. The van der Waals surface area contributed by atoms with Crippen molar-refractivity contribution in [1.29, 1.82) is 0 Å². The Labute approximate surface area is 119 Å². The van der Waals surface area contributed by atoms with Gasteiger partial charge in [-0.15, -0.1) is 0 Å². The fraction of sp³-hybridized carbons (Fsp3) is 0.533. The van der Waals surface area contributed by atoms with Crippen LogP contribution < -0.4 is 10.6 Å². The number of hydrogen-bond acceptors (Lipinski definition) is 4. The van der Waals surface area contributed by atoms with Crippen molar-refractivity contribution in [2.24, 2.45) is 0 Å². The minimum atomic E-state index is -0.594. The van der Waals surface area contributed by atoms with E-state index in [4.69, 9.17) is 0 Å². The zero-order valence-corrected chi connectivity index (χ0v) is 12.2. The number of aromatic nitrogens is 1. The van der Waals surface area contributed by atoms with Crippen molar-refractivity contribution in [3.8, 4) is 0 Å². The lowest BCUT2D eigenvalue weighted by Gasteiger charge is -2.22. The number of hydrogen-bond donors (Lipinski definition) is 3. The molecule has 2 atom stereocenters. The first-order valence-corrected chi connectivity index (χ1v) is 7.04. The first-order chi connectivity index (χ1) is 9.54. The summed E-state index contributed by atoms with van der Waals surface area (Å²) in [6, 6.07) is 1.66. The molecule has 0 fully saturated rings. The molecule has 0 saturated carbocycles. The number of pyridine rings is 1. The highest BCUT2D eigenvalue weighted by Gasteiger charge is 2.21. The molecule has 0 radical (unpaired) electrons. The largest absolute Gasteiger partial charge is 0.387 e. The Morgan fingerprint density at radius 1 is 1.60 bits per heavy atom. The molecule has 1 aromatic rings. The third-order valence-corrected chi connectivity index (χ3v) is 3.59. The van der Waals surface area contributed by atoms with Crippen LogP contribution in [0.25, 0.3) is 5.57 Å². The predicted octanol–water partition coefficient (Wildman–Crippen LogP) is 1.55. The van der Waals surface area contributed by atoms with Gasteiger partial charge < -0.3 is 15.7 Å². The molecule has 2 heterocycles. The maximum Gasteiger partial charge on any atom is 0.149 e. The second-order valence-corrected chi connectivity index (χ2v) is 5.11. The first kappa shape index (κ1) is 15.1. The van der Waals surface area contributed by atoms with Gasteiger partial charge in [0.25, 0.3) is 0 Å². The van der Waals surface area contributed by atoms with E-state index in [1.54, 1.807) is 13.0 Å². The molecule has 0 saturated heterocycles. The minimum absolute atomic E-state index is 0.0834. The van der Waals surface area contributed by atoms with Crippen LogP contribution in [0.15, 0.2) is 12.1 Å². The second-order valence-electron chi connectivity index (χ2n) is 5.11. The number of rotatable bonds is 4. The van der Waals surface area contributed by atoms with Crippen molar-refractivity contribution in [1.82, 2.24) is 15.6 Å². The van der Waals surface area contributed by atoms with E-state index in [0.29, 0.717) is 30.0 Å². The monoisotopic (exact) mass is 279 g/mol. The molecule has 1 aliphatic heterocycles. The van der Waals surface area contributed by atoms with E-state index >= 15 is 0 Å². The number of aliphatic hydroxyl groups is 1. The van der Waals surface area contributed by atoms with Crippen molar-refractivity contribution in [2.75, 3.05) is 19.6 Å². The molecular weight excluding hydrogens is 257 g/mol. The zero-order valence-electron chi connectivity index (χ0n) is 12.2. The lowest BCUT2D eigenvalue weighted by Crippen LogP contribution is -2.33. The highest BCUT2D eigenvalue weighted by atomic mass is 19.1. The molecule has 1 aromatic heterocycles. The van der Waals surface area contributed by atoms with Crippen molar-refractivity contribution in [2.45, 2.75) is 32.9 Å². The van der Waals surface area contributed by atoms with E-state index in [1.165, 1.54) is 0 Å². The summed E-state index contributed by atoms with van der Waals surface area (Å²) in [6.07, 6.45) is 1.32. The predicted molar refractivity (Wildman–Crippen MR) is 77.9 cm³/mol. The Bertz CT molecular complexity index is 516. The van der Waals surface area contributed by atoms with Crippen LogP contribution in [-0.4, -0.2) is 35.8 Å². The summed E-state index contributed by atoms with van der Waals surface area (Å²) in [7, 11) is 0. The molecule has 2 rings (SSSR count). The number of β-amino-alcohol motifs (C(OH)–C–C–N with tert-alkyl or cyclic N) is 1. The van der Waals surface area contributed by atoms with Crippen LogP contribution in [0.2, 0.25) is 0 Å². The summed E-state index contributed by atoms with van der Waals surface area (Å²) < 4.78 is 14.2. The number of aliphatic hydroxyl groups excluding tert-OH is 1. The molecule has 0 spiro atoms. The van der Waals surface area contributed by atoms with Crippen LogP contribution in [0.5, 0.6) is 0 Å². The Morgan fingerprint density at radius 2 is 2.35 bits per heavy atom. The third kappa shape index (κ3) is 3.06. The Kier molecular flexibility index (Phi) is 4.86. The van der Waals surface area contributed by atoms with Crippen molar-refractivity contribution < 1.29 is 9.50 Å². The van der Waals surface area contributed by atoms with Gasteiger partial charge in [0.1, 0.15) is 5.82 Å². The molecule has 0 aromatic carbocycles. The van der Waals surface area contributed by atoms with Crippen LogP contribution >= 0.6 is 0 Å². The summed E-state index contributed by atoms with van der Waals surface area (Å²) in [5.41, 5.74) is 2.41. The minimum Gasteiger partial charge on any atom is -0.387 e. The van der Waals surface area contributed by atoms with E-state index in [9.17, 15) is 9.50 Å². The van der Waals surface area contributed by atoms with Crippen LogP contribution in [0.3, 0.4) is 0 Å². The normalized spacial score (nSPS) is 20.6. The molecule has 0 bridgehead atoms. The molecule has 5 heteroatoms. The van der Waals surface area contributed by atoms with E-state index in [0.717, 1.165) is 12.1 Å². The van der Waals surface area contributed by atoms with Gasteiger partial charge in [-0.05, 0) is 26.5 Å². The van der Waals surface area contributed by atoms with E-state index < -0.39 is 6.10 Å². The molecule has 4 nitrogen and oxygen atoms in total. The Morgan fingerprint density at radius 3 is 3.00 bits per heavy atom. The van der Waals surface area contributed by atoms with Crippen molar-refractivity contribution >= 4 is 5.57 Å². The molecule has 1 aliphatic rings. The molecule has 0 aliphatic carbocycles. The highest BCUT2D eigenvalue weighted by molar-refractivity contribution is 5.68. The Hall–Kier alpha value is -1.30. The number of nitrogens with zero attached hydrogens (tertiary/aromatic N) is 1. The average molecular weight is 279 g/mol. The van der Waals surface area contributed by atoms with E-state index in [2.05, 4.69) is 15.6 Å². The van der Waals surface area contributed by atoms with Gasteiger partial charge in [0.2, 0.25) is 0 Å². The van der Waals surface area contributed by atoms with Gasteiger partial charge in [0.05, 0.1) is 17.5 Å². The van der Waals surface area contributed by atoms with Gasteiger partial charge in [-0.2, -0.15) is 0 Å². The third-order valence-electron chi connectivity index (χ3n) is 3.59. The molecule has 20 heavy (non-hydrogen) atoms. The van der Waals surface area contributed by atoms with Crippen molar-refractivity contribution in [3.05, 3.63) is 34.9 Å². The van der Waals surface area contributed by atoms with Gasteiger partial charge in [0.15, 0.2) is 0 Å². The Balaban J connectivity index is 2.42. The fourth-order valence-electron chi connectivity index (χ4n) is 2.48. The van der Waals surface area contributed by atoms with Crippen LogP contribution in [0.4, 0.5) is 4.39 Å². The van der Waals surface area contributed by atoms with E-state index in [1.807, 2.05) is 19.9 Å². The molecular formula is C15H22FN3O. The average Bonchev–Trinajstić information content (AvgIpc) is 2.42. The summed E-state index contributed by atoms with van der Waals surface area (Å²) in [4.78, 5) is 4.29. The highest BCUT2D eigenvalue weighted by Crippen LogP contribution is 2.25. The standard InChI is InChI=1S/C15H22FN3O/c1-4-18-9(2)12-7-13(19-10(3)15(12)16)11-5-6-17-8-14(11)20/h5,7,9,14,17-18,20H,4,6,8H2,1-3H3/t9?,14-/m0/s1. The molecule has 3 N–H and O–H groups in total. The SMILES string of the molecule is CCNC(C)c1cc(C2=CCNC[C@@H]2O)nc(C)c1F. The first-order valence-electron chi connectivity index (χ1n) is 7.04. The molecule has 110 valence electrons. The lowest BCUT2D eigenvalue weighted by molar-refractivity contribution is 0.224. The quantitative estimate of drug-likeness (QED) is 0.782.